The van der Waals surface area contributed by atoms with Crippen LogP contribution in [0.2, 0.25) is 5.02 Å². The lowest BCUT2D eigenvalue weighted by molar-refractivity contribution is -0.123. The summed E-state index contributed by atoms with van der Waals surface area (Å²) in [5.41, 5.74) is 3.50. The summed E-state index contributed by atoms with van der Waals surface area (Å²) in [6.45, 7) is 5.27. The Morgan fingerprint density at radius 1 is 1.11 bits per heavy atom. The molecular formula is C21H20ClN3O3. The van der Waals surface area contributed by atoms with Crippen molar-refractivity contribution in [1.82, 2.24) is 9.78 Å². The van der Waals surface area contributed by atoms with E-state index in [1.54, 1.807) is 60.3 Å². The standard InChI is InChI=1S/C21H20ClN3O3/c1-13-11-12-23-25(13)17-9-7-16(8-10-17)21(27)28-15(3)20(26)24-19-6-4-5-18(22)14(19)2/h4-12,15H,1-3H3,(H,24,26)/t15-/m0/s1. The topological polar surface area (TPSA) is 73.2 Å². The molecule has 7 heteroatoms. The average Bonchev–Trinajstić information content (AvgIpc) is 3.11. The van der Waals surface area contributed by atoms with Gasteiger partial charge in [-0.25, -0.2) is 9.48 Å². The van der Waals surface area contributed by atoms with E-state index in [-0.39, 0.29) is 0 Å². The summed E-state index contributed by atoms with van der Waals surface area (Å²) in [6, 6.07) is 13.9. The molecule has 1 atom stereocenters. The first kappa shape index (κ1) is 19.6. The van der Waals surface area contributed by atoms with Crippen LogP contribution in [0.4, 0.5) is 5.69 Å². The second-order valence-corrected chi connectivity index (χ2v) is 6.79. The molecule has 6 nitrogen and oxygen atoms in total. The number of nitrogens with one attached hydrogen (secondary N) is 1. The van der Waals surface area contributed by atoms with Crippen LogP contribution in [0.3, 0.4) is 0 Å². The smallest absolute Gasteiger partial charge is 0.338 e. The fourth-order valence-electron chi connectivity index (χ4n) is 2.64. The number of aryl methyl sites for hydroxylation is 1. The Hall–Kier alpha value is -3.12. The second-order valence-electron chi connectivity index (χ2n) is 6.38. The van der Waals surface area contributed by atoms with Gasteiger partial charge in [-0.3, -0.25) is 4.79 Å². The van der Waals surface area contributed by atoms with Gasteiger partial charge in [-0.15, -0.1) is 0 Å². The van der Waals surface area contributed by atoms with E-state index in [1.807, 2.05) is 13.0 Å². The van der Waals surface area contributed by atoms with E-state index in [9.17, 15) is 9.59 Å². The molecule has 0 aliphatic heterocycles. The maximum atomic E-state index is 12.4. The van der Waals surface area contributed by atoms with E-state index in [0.29, 0.717) is 16.3 Å². The average molecular weight is 398 g/mol. The molecule has 144 valence electrons. The van der Waals surface area contributed by atoms with Gasteiger partial charge in [0.25, 0.3) is 5.91 Å². The Labute approximate surface area is 168 Å². The predicted octanol–water partition coefficient (Wildman–Crippen LogP) is 4.33. The van der Waals surface area contributed by atoms with E-state index in [0.717, 1.165) is 16.9 Å². The lowest BCUT2D eigenvalue weighted by Crippen LogP contribution is -2.30. The van der Waals surface area contributed by atoms with E-state index >= 15 is 0 Å². The molecular weight excluding hydrogens is 378 g/mol. The highest BCUT2D eigenvalue weighted by atomic mass is 35.5. The molecule has 0 aliphatic carbocycles. The molecule has 28 heavy (non-hydrogen) atoms. The molecule has 0 unspecified atom stereocenters. The predicted molar refractivity (Wildman–Crippen MR) is 108 cm³/mol. The van der Waals surface area contributed by atoms with Crippen LogP contribution in [-0.4, -0.2) is 27.8 Å². The molecule has 0 spiro atoms. The molecule has 1 heterocycles. The largest absolute Gasteiger partial charge is 0.449 e. The Bertz CT molecular complexity index is 1010. The van der Waals surface area contributed by atoms with E-state index in [4.69, 9.17) is 16.3 Å². The first-order chi connectivity index (χ1) is 13.4. The molecule has 0 fully saturated rings. The Morgan fingerprint density at radius 3 is 2.46 bits per heavy atom. The van der Waals surface area contributed by atoms with Gasteiger partial charge in [-0.05, 0) is 68.8 Å². The molecule has 1 amide bonds. The summed E-state index contributed by atoms with van der Waals surface area (Å²) < 4.78 is 7.05. The van der Waals surface area contributed by atoms with Crippen molar-refractivity contribution in [3.63, 3.8) is 0 Å². The van der Waals surface area contributed by atoms with Gasteiger partial charge in [-0.2, -0.15) is 5.10 Å². The number of rotatable bonds is 5. The van der Waals surface area contributed by atoms with Crippen molar-refractivity contribution in [3.05, 3.63) is 76.6 Å². The van der Waals surface area contributed by atoms with Crippen LogP contribution in [0.25, 0.3) is 5.69 Å². The van der Waals surface area contributed by atoms with E-state index in [1.165, 1.54) is 6.92 Å². The van der Waals surface area contributed by atoms with Gasteiger partial charge in [0.2, 0.25) is 0 Å². The summed E-state index contributed by atoms with van der Waals surface area (Å²) in [4.78, 5) is 24.7. The minimum Gasteiger partial charge on any atom is -0.449 e. The van der Waals surface area contributed by atoms with Crippen molar-refractivity contribution in [2.24, 2.45) is 0 Å². The minimum absolute atomic E-state index is 0.354. The van der Waals surface area contributed by atoms with Gasteiger partial charge >= 0.3 is 5.97 Å². The lowest BCUT2D eigenvalue weighted by Gasteiger charge is -2.15. The zero-order valence-electron chi connectivity index (χ0n) is 15.8. The molecule has 0 radical (unpaired) electrons. The minimum atomic E-state index is -0.959. The van der Waals surface area contributed by atoms with Crippen LogP contribution in [0, 0.1) is 13.8 Å². The van der Waals surface area contributed by atoms with Crippen molar-refractivity contribution in [1.29, 1.82) is 0 Å². The third kappa shape index (κ3) is 4.23. The molecule has 2 aromatic carbocycles. The number of carbonyl (C=O) groups excluding carboxylic acids is 2. The molecule has 3 aromatic rings. The lowest BCUT2D eigenvalue weighted by atomic mass is 10.2. The summed E-state index contributed by atoms with van der Waals surface area (Å²) in [7, 11) is 0. The number of aromatic nitrogens is 2. The fraction of sp³-hybridized carbons (Fsp3) is 0.190. The number of halogens is 1. The molecule has 0 saturated carbocycles. The van der Waals surface area contributed by atoms with Crippen molar-refractivity contribution >= 4 is 29.2 Å². The normalized spacial score (nSPS) is 11.7. The highest BCUT2D eigenvalue weighted by Crippen LogP contribution is 2.23. The number of anilines is 1. The highest BCUT2D eigenvalue weighted by Gasteiger charge is 2.20. The zero-order valence-corrected chi connectivity index (χ0v) is 16.5. The molecule has 0 saturated heterocycles. The third-order valence-electron chi connectivity index (χ3n) is 4.36. The monoisotopic (exact) mass is 397 g/mol. The van der Waals surface area contributed by atoms with Crippen LogP contribution in [-0.2, 0) is 9.53 Å². The number of hydrogen-bond donors (Lipinski definition) is 1. The summed E-state index contributed by atoms with van der Waals surface area (Å²) >= 11 is 6.06. The van der Waals surface area contributed by atoms with Crippen LogP contribution < -0.4 is 5.32 Å². The summed E-state index contributed by atoms with van der Waals surface area (Å²) in [5, 5.41) is 7.50. The maximum absolute atomic E-state index is 12.4. The number of hydrogen-bond acceptors (Lipinski definition) is 4. The van der Waals surface area contributed by atoms with Crippen molar-refractivity contribution in [2.45, 2.75) is 26.9 Å². The van der Waals surface area contributed by atoms with Crippen LogP contribution >= 0.6 is 11.6 Å². The second kappa shape index (κ2) is 8.27. The van der Waals surface area contributed by atoms with Crippen LogP contribution in [0.1, 0.15) is 28.5 Å². The number of carbonyl (C=O) groups is 2. The molecule has 1 N–H and O–H groups in total. The molecule has 1 aromatic heterocycles. The molecule has 0 bridgehead atoms. The Balaban J connectivity index is 1.64. The highest BCUT2D eigenvalue weighted by molar-refractivity contribution is 6.31. The van der Waals surface area contributed by atoms with Crippen molar-refractivity contribution in [3.8, 4) is 5.69 Å². The fourth-order valence-corrected chi connectivity index (χ4v) is 2.81. The van der Waals surface area contributed by atoms with Gasteiger partial charge in [0.05, 0.1) is 11.3 Å². The van der Waals surface area contributed by atoms with E-state index < -0.39 is 18.0 Å². The quantitative estimate of drug-likeness (QED) is 0.650. The first-order valence-electron chi connectivity index (χ1n) is 8.75. The van der Waals surface area contributed by atoms with Gasteiger partial charge in [0.1, 0.15) is 0 Å². The van der Waals surface area contributed by atoms with Gasteiger partial charge < -0.3 is 10.1 Å². The molecule has 0 aliphatic rings. The van der Waals surface area contributed by atoms with E-state index in [2.05, 4.69) is 10.4 Å². The van der Waals surface area contributed by atoms with Gasteiger partial charge in [0.15, 0.2) is 6.10 Å². The van der Waals surface area contributed by atoms with Crippen LogP contribution in [0.5, 0.6) is 0 Å². The maximum Gasteiger partial charge on any atom is 0.338 e. The molecule has 3 rings (SSSR count). The number of nitrogens with zero attached hydrogens (tertiary/aromatic N) is 2. The number of benzene rings is 2. The first-order valence-corrected chi connectivity index (χ1v) is 9.12. The van der Waals surface area contributed by atoms with Gasteiger partial charge in [-0.1, -0.05) is 17.7 Å². The van der Waals surface area contributed by atoms with Crippen molar-refractivity contribution in [2.75, 3.05) is 5.32 Å². The van der Waals surface area contributed by atoms with Crippen molar-refractivity contribution < 1.29 is 14.3 Å². The zero-order chi connectivity index (χ0) is 20.3. The number of ether oxygens (including phenoxy) is 1. The Morgan fingerprint density at radius 2 is 1.82 bits per heavy atom. The summed E-state index contributed by atoms with van der Waals surface area (Å²) in [6.07, 6.45) is 0.748. The summed E-state index contributed by atoms with van der Waals surface area (Å²) in [5.74, 6) is -1.00. The number of esters is 1. The SMILES string of the molecule is Cc1c(Cl)cccc1NC(=O)[C@H](C)OC(=O)c1ccc(-n2nccc2C)cc1. The third-order valence-corrected chi connectivity index (χ3v) is 4.77. The number of amides is 1. The van der Waals surface area contributed by atoms with Gasteiger partial charge in [0, 0.05) is 22.6 Å². The Kier molecular flexibility index (Phi) is 5.80. The van der Waals surface area contributed by atoms with Crippen LogP contribution in [0.15, 0.2) is 54.7 Å².